The van der Waals surface area contributed by atoms with Crippen molar-refractivity contribution in [1.82, 2.24) is 10.3 Å². The van der Waals surface area contributed by atoms with E-state index < -0.39 is 0 Å². The summed E-state index contributed by atoms with van der Waals surface area (Å²) < 4.78 is 0. The van der Waals surface area contributed by atoms with Crippen LogP contribution in [0.15, 0.2) is 29.6 Å². The first-order chi connectivity index (χ1) is 9.24. The molecule has 1 N–H and O–H groups in total. The van der Waals surface area contributed by atoms with Crippen molar-refractivity contribution in [2.24, 2.45) is 0 Å². The third-order valence-electron chi connectivity index (χ3n) is 3.39. The average Bonchev–Trinajstić information content (AvgIpc) is 2.94. The fourth-order valence-electron chi connectivity index (χ4n) is 1.97. The van der Waals surface area contributed by atoms with Crippen LogP contribution in [0.1, 0.15) is 43.3 Å². The zero-order valence-electron chi connectivity index (χ0n) is 11.9. The summed E-state index contributed by atoms with van der Waals surface area (Å²) in [6, 6.07) is 9.15. The van der Waals surface area contributed by atoms with E-state index in [9.17, 15) is 0 Å². The van der Waals surface area contributed by atoms with Gasteiger partial charge in [-0.2, -0.15) is 0 Å². The Morgan fingerprint density at radius 1 is 1.26 bits per heavy atom. The zero-order valence-corrected chi connectivity index (χ0v) is 12.8. The number of nitrogens with zero attached hydrogens (tertiary/aromatic N) is 1. The molecule has 2 nitrogen and oxygen atoms in total. The Balaban J connectivity index is 2.11. The first kappa shape index (κ1) is 14.2. The second kappa shape index (κ2) is 6.83. The summed E-state index contributed by atoms with van der Waals surface area (Å²) in [6.45, 7) is 4.37. The normalized spacial score (nSPS) is 12.6. The first-order valence-electron chi connectivity index (χ1n) is 6.96. The van der Waals surface area contributed by atoms with Gasteiger partial charge in [-0.25, -0.2) is 4.98 Å². The number of aryl methyl sites for hydroxylation is 1. The molecule has 0 aliphatic carbocycles. The summed E-state index contributed by atoms with van der Waals surface area (Å²) in [5.74, 6) is 0. The van der Waals surface area contributed by atoms with Crippen molar-refractivity contribution in [2.75, 3.05) is 7.05 Å². The molecule has 0 spiro atoms. The highest BCUT2D eigenvalue weighted by molar-refractivity contribution is 7.10. The Labute approximate surface area is 119 Å². The van der Waals surface area contributed by atoms with E-state index in [1.54, 1.807) is 11.3 Å². The quantitative estimate of drug-likeness (QED) is 0.842. The third kappa shape index (κ3) is 3.64. The molecule has 1 aromatic carbocycles. The highest BCUT2D eigenvalue weighted by atomic mass is 32.1. The largest absolute Gasteiger partial charge is 0.311 e. The van der Waals surface area contributed by atoms with E-state index in [0.717, 1.165) is 10.7 Å². The molecular weight excluding hydrogens is 252 g/mol. The Bertz CT molecular complexity index is 502. The molecular formula is C16H22N2S. The number of aromatic nitrogens is 1. The molecule has 0 bridgehead atoms. The van der Waals surface area contributed by atoms with Crippen molar-refractivity contribution in [2.45, 2.75) is 39.2 Å². The van der Waals surface area contributed by atoms with Crippen LogP contribution < -0.4 is 5.32 Å². The lowest BCUT2D eigenvalue weighted by molar-refractivity contribution is 0.648. The van der Waals surface area contributed by atoms with Gasteiger partial charge in [0.25, 0.3) is 0 Å². The monoisotopic (exact) mass is 274 g/mol. The molecule has 1 unspecified atom stereocenters. The molecule has 0 fully saturated rings. The van der Waals surface area contributed by atoms with Gasteiger partial charge in [0, 0.05) is 10.9 Å². The molecule has 102 valence electrons. The molecule has 3 heteroatoms. The number of nitrogens with one attached hydrogen (secondary N) is 1. The van der Waals surface area contributed by atoms with Crippen molar-refractivity contribution in [3.63, 3.8) is 0 Å². The summed E-state index contributed by atoms with van der Waals surface area (Å²) in [7, 11) is 1.97. The zero-order chi connectivity index (χ0) is 13.7. The van der Waals surface area contributed by atoms with E-state index in [2.05, 4.69) is 48.8 Å². The first-order valence-corrected chi connectivity index (χ1v) is 7.84. The highest BCUT2D eigenvalue weighted by Crippen LogP contribution is 2.25. The summed E-state index contributed by atoms with van der Waals surface area (Å²) in [5, 5.41) is 6.52. The van der Waals surface area contributed by atoms with Crippen molar-refractivity contribution in [1.29, 1.82) is 0 Å². The Morgan fingerprint density at radius 3 is 2.63 bits per heavy atom. The maximum Gasteiger partial charge on any atom is 0.110 e. The smallest absolute Gasteiger partial charge is 0.110 e. The summed E-state index contributed by atoms with van der Waals surface area (Å²) >= 11 is 1.72. The van der Waals surface area contributed by atoms with Crippen LogP contribution in [-0.4, -0.2) is 12.0 Å². The average molecular weight is 274 g/mol. The topological polar surface area (TPSA) is 24.9 Å². The molecule has 0 aliphatic heterocycles. The van der Waals surface area contributed by atoms with Gasteiger partial charge in [-0.05, 0) is 32.4 Å². The number of hydrogen-bond donors (Lipinski definition) is 1. The number of thiazole rings is 1. The van der Waals surface area contributed by atoms with Crippen LogP contribution in [-0.2, 0) is 6.42 Å². The van der Waals surface area contributed by atoms with E-state index in [1.807, 2.05) is 7.05 Å². The van der Waals surface area contributed by atoms with Gasteiger partial charge in [0.05, 0.1) is 11.7 Å². The Hall–Kier alpha value is -1.19. The maximum absolute atomic E-state index is 4.70. The fourth-order valence-corrected chi connectivity index (χ4v) is 2.86. The van der Waals surface area contributed by atoms with Crippen LogP contribution in [0.25, 0.3) is 11.3 Å². The van der Waals surface area contributed by atoms with Crippen molar-refractivity contribution >= 4 is 11.3 Å². The predicted molar refractivity (Wildman–Crippen MR) is 83.6 cm³/mol. The van der Waals surface area contributed by atoms with Gasteiger partial charge in [-0.3, -0.25) is 0 Å². The van der Waals surface area contributed by atoms with Crippen LogP contribution in [0.2, 0.25) is 0 Å². The van der Waals surface area contributed by atoms with Crippen LogP contribution >= 0.6 is 11.3 Å². The molecule has 1 atom stereocenters. The lowest BCUT2D eigenvalue weighted by Crippen LogP contribution is -2.11. The molecule has 1 aromatic heterocycles. The number of benzene rings is 1. The summed E-state index contributed by atoms with van der Waals surface area (Å²) in [4.78, 5) is 4.70. The summed E-state index contributed by atoms with van der Waals surface area (Å²) in [5.41, 5.74) is 3.72. The molecule has 1 heterocycles. The predicted octanol–water partition coefficient (Wildman–Crippen LogP) is 4.43. The van der Waals surface area contributed by atoms with Gasteiger partial charge in [-0.1, -0.05) is 37.6 Å². The molecule has 0 radical (unpaired) electrons. The summed E-state index contributed by atoms with van der Waals surface area (Å²) in [6.07, 6.45) is 3.69. The molecule has 19 heavy (non-hydrogen) atoms. The van der Waals surface area contributed by atoms with Crippen molar-refractivity contribution in [3.8, 4) is 11.3 Å². The van der Waals surface area contributed by atoms with Gasteiger partial charge < -0.3 is 5.32 Å². The minimum atomic E-state index is 0.322. The molecule has 0 saturated carbocycles. The molecule has 0 aliphatic rings. The third-order valence-corrected chi connectivity index (χ3v) is 4.42. The number of hydrogen-bond acceptors (Lipinski definition) is 3. The molecule has 0 amide bonds. The fraction of sp³-hybridized carbons (Fsp3) is 0.438. The lowest BCUT2D eigenvalue weighted by Gasteiger charge is -2.05. The van der Waals surface area contributed by atoms with Crippen molar-refractivity contribution < 1.29 is 0 Å². The van der Waals surface area contributed by atoms with Gasteiger partial charge in [0.2, 0.25) is 0 Å². The van der Waals surface area contributed by atoms with E-state index in [1.165, 1.54) is 30.4 Å². The van der Waals surface area contributed by atoms with Gasteiger partial charge >= 0.3 is 0 Å². The van der Waals surface area contributed by atoms with Crippen LogP contribution in [0.5, 0.6) is 0 Å². The molecule has 2 rings (SSSR count). The van der Waals surface area contributed by atoms with E-state index in [0.29, 0.717) is 6.04 Å². The molecule has 0 saturated heterocycles. The maximum atomic E-state index is 4.70. The minimum Gasteiger partial charge on any atom is -0.311 e. The second-order valence-electron chi connectivity index (χ2n) is 4.88. The van der Waals surface area contributed by atoms with Gasteiger partial charge in [0.15, 0.2) is 0 Å². The van der Waals surface area contributed by atoms with E-state index >= 15 is 0 Å². The minimum absolute atomic E-state index is 0.322. The van der Waals surface area contributed by atoms with Crippen LogP contribution in [0.4, 0.5) is 0 Å². The van der Waals surface area contributed by atoms with E-state index in [-0.39, 0.29) is 0 Å². The molecule has 2 aromatic rings. The number of unbranched alkanes of at least 4 members (excludes halogenated alkanes) is 1. The Morgan fingerprint density at radius 2 is 2.00 bits per heavy atom. The van der Waals surface area contributed by atoms with Crippen molar-refractivity contribution in [3.05, 3.63) is 40.2 Å². The van der Waals surface area contributed by atoms with Gasteiger partial charge in [-0.15, -0.1) is 11.3 Å². The van der Waals surface area contributed by atoms with E-state index in [4.69, 9.17) is 4.98 Å². The van der Waals surface area contributed by atoms with Crippen LogP contribution in [0, 0.1) is 0 Å². The number of rotatable bonds is 6. The lowest BCUT2D eigenvalue weighted by atomic mass is 10.1. The second-order valence-corrected chi connectivity index (χ2v) is 5.77. The van der Waals surface area contributed by atoms with Gasteiger partial charge in [0.1, 0.15) is 5.01 Å². The Kier molecular flexibility index (Phi) is 5.11. The SMILES string of the molecule is CCCCc1ccc(-c2csc(C(C)NC)n2)cc1. The van der Waals surface area contributed by atoms with Crippen LogP contribution in [0.3, 0.4) is 0 Å². The highest BCUT2D eigenvalue weighted by Gasteiger charge is 2.09. The standard InChI is InChI=1S/C16H22N2S/c1-4-5-6-13-7-9-14(10-8-13)15-11-19-16(18-15)12(2)17-3/h7-12,17H,4-6H2,1-3H3.